The van der Waals surface area contributed by atoms with Gasteiger partial charge < -0.3 is 21.5 Å². The average Bonchev–Trinajstić information content (AvgIpc) is 2.55. The topological polar surface area (TPSA) is 104 Å². The maximum atomic E-state index is 11.8. The number of aliphatic carboxylic acids is 1. The smallest absolute Gasteiger partial charge is 0.326 e. The molecule has 1 unspecified atom stereocenters. The lowest BCUT2D eigenvalue weighted by molar-refractivity contribution is -0.141. The van der Waals surface area contributed by atoms with Gasteiger partial charge in [0.05, 0.1) is 6.54 Å². The molecule has 6 nitrogen and oxygen atoms in total. The molecule has 24 heavy (non-hydrogen) atoms. The summed E-state index contributed by atoms with van der Waals surface area (Å²) in [5, 5.41) is 14.7. The van der Waals surface area contributed by atoms with Crippen LogP contribution >= 0.6 is 0 Å². The summed E-state index contributed by atoms with van der Waals surface area (Å²) in [7, 11) is 0. The van der Waals surface area contributed by atoms with Crippen molar-refractivity contribution in [2.45, 2.75) is 83.6 Å². The number of nitrogens with two attached hydrogens (primary N) is 1. The predicted molar refractivity (Wildman–Crippen MR) is 98.0 cm³/mol. The Labute approximate surface area is 147 Å². The van der Waals surface area contributed by atoms with Crippen molar-refractivity contribution in [3.63, 3.8) is 0 Å². The van der Waals surface area contributed by atoms with Gasteiger partial charge in [-0.05, 0) is 38.8 Å². The molecular formula is C18H37N3O3. The van der Waals surface area contributed by atoms with Crippen LogP contribution in [0.25, 0.3) is 0 Å². The van der Waals surface area contributed by atoms with Gasteiger partial charge in [-0.2, -0.15) is 0 Å². The van der Waals surface area contributed by atoms with E-state index in [0.717, 1.165) is 19.4 Å². The van der Waals surface area contributed by atoms with E-state index in [1.807, 2.05) is 0 Å². The zero-order valence-electron chi connectivity index (χ0n) is 15.3. The highest BCUT2D eigenvalue weighted by molar-refractivity contribution is 5.84. The SMILES string of the molecule is CCCCCCCCCCNCC(=O)NC(CCCCN)C(=O)O. The number of carbonyl (C=O) groups excluding carboxylic acids is 1. The van der Waals surface area contributed by atoms with Gasteiger partial charge in [0, 0.05) is 0 Å². The van der Waals surface area contributed by atoms with Crippen molar-refractivity contribution in [3.05, 3.63) is 0 Å². The Morgan fingerprint density at radius 2 is 1.58 bits per heavy atom. The van der Waals surface area contributed by atoms with Crippen LogP contribution in [0.15, 0.2) is 0 Å². The first-order chi connectivity index (χ1) is 11.6. The highest BCUT2D eigenvalue weighted by Gasteiger charge is 2.18. The van der Waals surface area contributed by atoms with Crippen molar-refractivity contribution in [1.29, 1.82) is 0 Å². The lowest BCUT2D eigenvalue weighted by Gasteiger charge is -2.14. The van der Waals surface area contributed by atoms with Crippen LogP contribution < -0.4 is 16.4 Å². The molecule has 0 fully saturated rings. The molecule has 0 aliphatic heterocycles. The molecule has 0 aromatic heterocycles. The monoisotopic (exact) mass is 343 g/mol. The van der Waals surface area contributed by atoms with Crippen LogP contribution in [0.1, 0.15) is 77.6 Å². The summed E-state index contributed by atoms with van der Waals surface area (Å²) < 4.78 is 0. The van der Waals surface area contributed by atoms with Crippen LogP contribution in [0.2, 0.25) is 0 Å². The van der Waals surface area contributed by atoms with Gasteiger partial charge in [-0.3, -0.25) is 4.79 Å². The summed E-state index contributed by atoms with van der Waals surface area (Å²) in [6.45, 7) is 3.74. The van der Waals surface area contributed by atoms with E-state index in [4.69, 9.17) is 10.8 Å². The van der Waals surface area contributed by atoms with E-state index >= 15 is 0 Å². The standard InChI is InChI=1S/C18H37N3O3/c1-2-3-4-5-6-7-8-11-14-20-15-17(22)21-16(18(23)24)12-9-10-13-19/h16,20H,2-15,19H2,1H3,(H,21,22)(H,23,24). The Balaban J connectivity index is 3.57. The fourth-order valence-electron chi connectivity index (χ4n) is 2.58. The normalized spacial score (nSPS) is 12.1. The summed E-state index contributed by atoms with van der Waals surface area (Å²) >= 11 is 0. The third kappa shape index (κ3) is 14.5. The molecule has 6 heteroatoms. The highest BCUT2D eigenvalue weighted by Crippen LogP contribution is 2.07. The van der Waals surface area contributed by atoms with Gasteiger partial charge in [0.15, 0.2) is 0 Å². The van der Waals surface area contributed by atoms with E-state index in [2.05, 4.69) is 17.6 Å². The maximum Gasteiger partial charge on any atom is 0.326 e. The number of rotatable bonds is 17. The van der Waals surface area contributed by atoms with Gasteiger partial charge in [-0.1, -0.05) is 51.9 Å². The summed E-state index contributed by atoms with van der Waals surface area (Å²) in [4.78, 5) is 22.9. The van der Waals surface area contributed by atoms with Crippen LogP contribution in [-0.4, -0.2) is 42.7 Å². The molecule has 0 radical (unpaired) electrons. The van der Waals surface area contributed by atoms with Gasteiger partial charge in [0.25, 0.3) is 0 Å². The van der Waals surface area contributed by atoms with Crippen LogP contribution in [-0.2, 0) is 9.59 Å². The van der Waals surface area contributed by atoms with Gasteiger partial charge in [-0.25, -0.2) is 4.79 Å². The number of amides is 1. The summed E-state index contributed by atoms with van der Waals surface area (Å²) in [6, 6.07) is -0.811. The van der Waals surface area contributed by atoms with E-state index in [1.54, 1.807) is 0 Å². The minimum absolute atomic E-state index is 0.178. The summed E-state index contributed by atoms with van der Waals surface area (Å²) in [5.74, 6) is -1.24. The van der Waals surface area contributed by atoms with E-state index in [9.17, 15) is 9.59 Å². The number of carbonyl (C=O) groups is 2. The molecule has 0 aliphatic carbocycles. The predicted octanol–water partition coefficient (Wildman–Crippen LogP) is 2.42. The zero-order chi connectivity index (χ0) is 18.0. The quantitative estimate of drug-likeness (QED) is 0.304. The lowest BCUT2D eigenvalue weighted by atomic mass is 10.1. The fourth-order valence-corrected chi connectivity index (χ4v) is 2.58. The molecule has 0 aliphatic rings. The van der Waals surface area contributed by atoms with Crippen molar-refractivity contribution in [2.75, 3.05) is 19.6 Å². The molecular weight excluding hydrogens is 306 g/mol. The molecule has 0 saturated heterocycles. The molecule has 0 spiro atoms. The fraction of sp³-hybridized carbons (Fsp3) is 0.889. The Morgan fingerprint density at radius 3 is 2.17 bits per heavy atom. The second-order valence-electron chi connectivity index (χ2n) is 6.39. The maximum absolute atomic E-state index is 11.8. The first-order valence-electron chi connectivity index (χ1n) is 9.54. The Bertz CT molecular complexity index is 325. The second-order valence-corrected chi connectivity index (χ2v) is 6.39. The summed E-state index contributed by atoms with van der Waals surface area (Å²) in [5.41, 5.74) is 5.39. The second kappa shape index (κ2) is 16.7. The minimum atomic E-state index is -0.983. The van der Waals surface area contributed by atoms with E-state index in [-0.39, 0.29) is 12.5 Å². The number of nitrogens with one attached hydrogen (secondary N) is 2. The first-order valence-corrected chi connectivity index (χ1v) is 9.54. The Hall–Kier alpha value is -1.14. The lowest BCUT2D eigenvalue weighted by Crippen LogP contribution is -2.44. The molecule has 142 valence electrons. The van der Waals surface area contributed by atoms with E-state index in [0.29, 0.717) is 19.4 Å². The average molecular weight is 344 g/mol. The number of hydrogen-bond donors (Lipinski definition) is 4. The van der Waals surface area contributed by atoms with Gasteiger partial charge in [0.1, 0.15) is 6.04 Å². The molecule has 0 rings (SSSR count). The van der Waals surface area contributed by atoms with E-state index < -0.39 is 12.0 Å². The highest BCUT2D eigenvalue weighted by atomic mass is 16.4. The molecule has 0 saturated carbocycles. The Morgan fingerprint density at radius 1 is 0.958 bits per heavy atom. The first kappa shape index (κ1) is 22.9. The number of unbranched alkanes of at least 4 members (excludes halogenated alkanes) is 8. The molecule has 0 bridgehead atoms. The van der Waals surface area contributed by atoms with Crippen molar-refractivity contribution in [2.24, 2.45) is 5.73 Å². The zero-order valence-corrected chi connectivity index (χ0v) is 15.3. The van der Waals surface area contributed by atoms with Crippen LogP contribution in [0, 0.1) is 0 Å². The molecule has 5 N–H and O–H groups in total. The van der Waals surface area contributed by atoms with Crippen LogP contribution in [0.4, 0.5) is 0 Å². The molecule has 0 heterocycles. The van der Waals surface area contributed by atoms with Gasteiger partial charge >= 0.3 is 5.97 Å². The van der Waals surface area contributed by atoms with Crippen molar-refractivity contribution in [3.8, 4) is 0 Å². The number of carboxylic acid groups (broad SMARTS) is 1. The molecule has 0 aromatic carbocycles. The number of carboxylic acids is 1. The van der Waals surface area contributed by atoms with Gasteiger partial charge in [0.2, 0.25) is 5.91 Å². The summed E-state index contributed by atoms with van der Waals surface area (Å²) in [6.07, 6.45) is 12.0. The molecule has 1 atom stereocenters. The minimum Gasteiger partial charge on any atom is -0.480 e. The third-order valence-electron chi connectivity index (χ3n) is 4.07. The molecule has 0 aromatic rings. The molecule has 1 amide bonds. The van der Waals surface area contributed by atoms with Gasteiger partial charge in [-0.15, -0.1) is 0 Å². The Kier molecular flexibility index (Phi) is 15.9. The van der Waals surface area contributed by atoms with Crippen molar-refractivity contribution in [1.82, 2.24) is 10.6 Å². The number of hydrogen-bond acceptors (Lipinski definition) is 4. The van der Waals surface area contributed by atoms with Crippen molar-refractivity contribution >= 4 is 11.9 Å². The third-order valence-corrected chi connectivity index (χ3v) is 4.07. The van der Waals surface area contributed by atoms with E-state index in [1.165, 1.54) is 44.9 Å². The largest absolute Gasteiger partial charge is 0.480 e. The van der Waals surface area contributed by atoms with Crippen LogP contribution in [0.3, 0.4) is 0 Å². The van der Waals surface area contributed by atoms with Crippen molar-refractivity contribution < 1.29 is 14.7 Å². The van der Waals surface area contributed by atoms with Crippen LogP contribution in [0.5, 0.6) is 0 Å².